The van der Waals surface area contributed by atoms with E-state index in [9.17, 15) is 0 Å². The number of hydrogen-bond acceptors (Lipinski definition) is 0. The molecular weight excluding hydrogens is 523 g/mol. The molecular formula is C2H22IP12-. The van der Waals surface area contributed by atoms with Crippen LogP contribution in [0.1, 0.15) is 14.9 Å². The summed E-state index contributed by atoms with van der Waals surface area (Å²) in [5, 5.41) is 0. The first-order chi connectivity index (χ1) is 5.86. The second kappa shape index (κ2) is 14.8. The molecule has 0 radical (unpaired) electrons. The summed E-state index contributed by atoms with van der Waals surface area (Å²) in [6, 6.07) is 0. The molecule has 13 heteroatoms. The Morgan fingerprint density at radius 2 is 0.933 bits per heavy atom. The van der Waals surface area contributed by atoms with Gasteiger partial charge in [0.1, 0.15) is 0 Å². The number of hydrogen-bond donors (Lipinski definition) is 0. The van der Waals surface area contributed by atoms with Crippen molar-refractivity contribution in [2.24, 2.45) is 0 Å². The predicted molar refractivity (Wildman–Crippen MR) is 116 cm³/mol. The molecule has 0 saturated carbocycles. The molecule has 0 heterocycles. The number of halogens is 1. The van der Waals surface area contributed by atoms with Gasteiger partial charge in [-0.1, -0.05) is 14.9 Å². The molecule has 0 aromatic rings. The van der Waals surface area contributed by atoms with Crippen molar-refractivity contribution >= 4 is 93.3 Å². The van der Waals surface area contributed by atoms with Gasteiger partial charge in [-0.3, -0.25) is 0 Å². The molecule has 98 valence electrons. The second-order valence-corrected chi connectivity index (χ2v) is 60.5. The SMILES string of the molecule is C.C.PP(P)P(P)[I-]P(P(P)P)P(P)P. The molecule has 0 rings (SSSR count). The van der Waals surface area contributed by atoms with Crippen molar-refractivity contribution in [1.82, 2.24) is 0 Å². The van der Waals surface area contributed by atoms with Crippen molar-refractivity contribution in [3.05, 3.63) is 0 Å². The predicted octanol–water partition coefficient (Wildman–Crippen LogP) is 4.86. The van der Waals surface area contributed by atoms with E-state index in [2.05, 4.69) is 62.5 Å². The van der Waals surface area contributed by atoms with E-state index in [1.165, 1.54) is 0 Å². The molecule has 0 nitrogen and oxygen atoms in total. The molecule has 0 aromatic carbocycles. The third kappa shape index (κ3) is 13.3. The zero-order chi connectivity index (χ0) is 10.6. The van der Waals surface area contributed by atoms with E-state index in [4.69, 9.17) is 0 Å². The van der Waals surface area contributed by atoms with E-state index in [1.807, 2.05) is 0 Å². The van der Waals surface area contributed by atoms with Gasteiger partial charge < -0.3 is 0 Å². The summed E-state index contributed by atoms with van der Waals surface area (Å²) in [5.74, 6) is 0. The molecule has 0 bridgehead atoms. The van der Waals surface area contributed by atoms with E-state index in [-0.39, 0.29) is 40.8 Å². The van der Waals surface area contributed by atoms with Gasteiger partial charge in [-0.2, -0.15) is 0 Å². The van der Waals surface area contributed by atoms with Gasteiger partial charge >= 0.3 is 113 Å². The maximum atomic E-state index is 3.11. The quantitative estimate of drug-likeness (QED) is 0.343. The minimum absolute atomic E-state index is 0. The van der Waals surface area contributed by atoms with Crippen molar-refractivity contribution in [1.29, 1.82) is 0 Å². The van der Waals surface area contributed by atoms with Gasteiger partial charge in [0, 0.05) is 0 Å². The molecule has 0 amide bonds. The minimum atomic E-state index is 0. The van der Waals surface area contributed by atoms with Crippen molar-refractivity contribution in [3.63, 3.8) is 0 Å². The zero-order valence-electron chi connectivity index (χ0n) is 6.66. The Balaban J connectivity index is -0.000000720. The Morgan fingerprint density at radius 3 is 1.13 bits per heavy atom. The molecule has 0 N–H and O–H groups in total. The maximum absolute atomic E-state index is 3.11. The molecule has 0 saturated heterocycles. The van der Waals surface area contributed by atoms with Crippen LogP contribution in [-0.2, 0) is 0 Å². The summed E-state index contributed by atoms with van der Waals surface area (Å²) in [6.45, 7) is 0.503. The molecule has 8 unspecified atom stereocenters. The summed E-state index contributed by atoms with van der Waals surface area (Å²) in [7, 11) is 21.2. The monoisotopic (exact) mass is 545 g/mol. The molecule has 0 aliphatic rings. The summed E-state index contributed by atoms with van der Waals surface area (Å²) >= 11 is 0.429. The Morgan fingerprint density at radius 1 is 0.600 bits per heavy atom. The van der Waals surface area contributed by atoms with Crippen LogP contribution in [0, 0.1) is 0 Å². The molecule has 0 aliphatic heterocycles. The topological polar surface area (TPSA) is 0 Å². The third-order valence-corrected chi connectivity index (χ3v) is 101. The van der Waals surface area contributed by atoms with Crippen LogP contribution in [0.3, 0.4) is 0 Å². The van der Waals surface area contributed by atoms with E-state index in [0.29, 0.717) is 25.0 Å². The van der Waals surface area contributed by atoms with Crippen molar-refractivity contribution in [3.8, 4) is 0 Å². The summed E-state index contributed by atoms with van der Waals surface area (Å²) in [5.41, 5.74) is 0. The molecule has 8 atom stereocenters. The normalized spacial score (nSPS) is 13.3. The third-order valence-electron chi connectivity index (χ3n) is 0.747. The van der Waals surface area contributed by atoms with E-state index < -0.39 is 0 Å². The van der Waals surface area contributed by atoms with Crippen LogP contribution >= 0.6 is 93.3 Å². The first-order valence-corrected chi connectivity index (χ1v) is 28.5. The Kier molecular flexibility index (Phi) is 25.5. The van der Waals surface area contributed by atoms with Gasteiger partial charge in [0.25, 0.3) is 0 Å². The van der Waals surface area contributed by atoms with Crippen LogP contribution in [0.5, 0.6) is 0 Å². The Bertz CT molecular complexity index is 128. The molecule has 15 heavy (non-hydrogen) atoms. The molecule has 0 fully saturated rings. The van der Waals surface area contributed by atoms with Crippen molar-refractivity contribution in [2.75, 3.05) is 0 Å². The second-order valence-electron chi connectivity index (χ2n) is 1.74. The van der Waals surface area contributed by atoms with Gasteiger partial charge in [-0.05, 0) is 0 Å². The first-order valence-electron chi connectivity index (χ1n) is 2.75. The summed E-state index contributed by atoms with van der Waals surface area (Å²) < 4.78 is 0. The zero-order valence-corrected chi connectivity index (χ0v) is 21.4. The Labute approximate surface area is 127 Å². The standard InChI is InChI=1S/2CH4.H14IP12/c;;2-9(11(3)4)1-10(12(5)6)13(7)8/h2*1H4;2-8H2/q;;-1. The molecule has 0 spiro atoms. The van der Waals surface area contributed by atoms with Crippen LogP contribution in [0.4, 0.5) is 0 Å². The van der Waals surface area contributed by atoms with E-state index >= 15 is 0 Å². The fraction of sp³-hybridized carbons (Fsp3) is 1.00. The fourth-order valence-electron chi connectivity index (χ4n) is 0.306. The van der Waals surface area contributed by atoms with Crippen LogP contribution in [0.25, 0.3) is 0 Å². The number of rotatable bonds is 5. The first kappa shape index (κ1) is 25.8. The molecule has 0 aromatic heterocycles. The van der Waals surface area contributed by atoms with Crippen molar-refractivity contribution < 1.29 is 20.1 Å². The van der Waals surface area contributed by atoms with Gasteiger partial charge in [-0.25, -0.2) is 0 Å². The summed E-state index contributed by atoms with van der Waals surface area (Å²) in [4.78, 5) is 0.620. The van der Waals surface area contributed by atoms with Crippen LogP contribution < -0.4 is 20.1 Å². The average Bonchev–Trinajstić information content (AvgIpc) is 1.97. The average molecular weight is 545 g/mol. The molecule has 0 aliphatic carbocycles. The van der Waals surface area contributed by atoms with Crippen LogP contribution in [0.15, 0.2) is 0 Å². The van der Waals surface area contributed by atoms with Gasteiger partial charge in [-0.15, -0.1) is 0 Å². The van der Waals surface area contributed by atoms with Crippen molar-refractivity contribution in [2.45, 2.75) is 14.9 Å². The Hall–Kier alpha value is 5.89. The van der Waals surface area contributed by atoms with Crippen LogP contribution in [-0.4, -0.2) is 0 Å². The van der Waals surface area contributed by atoms with E-state index in [0.717, 1.165) is 0 Å². The van der Waals surface area contributed by atoms with Crippen LogP contribution in [0.2, 0.25) is 0 Å². The van der Waals surface area contributed by atoms with E-state index in [1.54, 1.807) is 0 Å². The van der Waals surface area contributed by atoms with Gasteiger partial charge in [0.2, 0.25) is 0 Å². The fourth-order valence-corrected chi connectivity index (χ4v) is 130. The summed E-state index contributed by atoms with van der Waals surface area (Å²) in [6.07, 6.45) is 0. The van der Waals surface area contributed by atoms with Gasteiger partial charge in [0.05, 0.1) is 0 Å². The van der Waals surface area contributed by atoms with Gasteiger partial charge in [0.15, 0.2) is 0 Å².